The number of aliphatic hydroxyl groups excluding tert-OH is 1. The number of aliphatic hydroxyl groups is 1. The number of benzene rings is 3. The molecule has 0 heterocycles. The van der Waals surface area contributed by atoms with Gasteiger partial charge in [0.2, 0.25) is 0 Å². The second-order valence-corrected chi connectivity index (χ2v) is 6.36. The fourth-order valence-corrected chi connectivity index (χ4v) is 3.07. The highest BCUT2D eigenvalue weighted by molar-refractivity contribution is 5.89. The Morgan fingerprint density at radius 2 is 1.68 bits per heavy atom. The number of methoxy groups -OCH3 is 2. The van der Waals surface area contributed by atoms with Crippen LogP contribution in [0.15, 0.2) is 60.7 Å². The van der Waals surface area contributed by atoms with Crippen LogP contribution in [0.4, 0.5) is 10.5 Å². The van der Waals surface area contributed by atoms with Gasteiger partial charge in [-0.3, -0.25) is 0 Å². The summed E-state index contributed by atoms with van der Waals surface area (Å²) in [5.41, 5.74) is 1.42. The average Bonchev–Trinajstić information content (AvgIpc) is 2.72. The molecule has 0 radical (unpaired) electrons. The van der Waals surface area contributed by atoms with Gasteiger partial charge in [-0.2, -0.15) is 0 Å². The number of fused-ring (bicyclic) bond motifs is 1. The van der Waals surface area contributed by atoms with Gasteiger partial charge in [-0.15, -0.1) is 0 Å². The number of hydrogen-bond acceptors (Lipinski definition) is 4. The van der Waals surface area contributed by atoms with Crippen molar-refractivity contribution >= 4 is 22.5 Å². The summed E-state index contributed by atoms with van der Waals surface area (Å²) in [7, 11) is 3.10. The molecule has 3 rings (SSSR count). The number of rotatable bonds is 7. The lowest BCUT2D eigenvalue weighted by atomic mass is 9.99. The minimum Gasteiger partial charge on any atom is -0.497 e. The van der Waals surface area contributed by atoms with Crippen molar-refractivity contribution < 1.29 is 19.4 Å². The van der Waals surface area contributed by atoms with Crippen LogP contribution in [0.3, 0.4) is 0 Å². The lowest BCUT2D eigenvalue weighted by molar-refractivity contribution is 0.169. The molecule has 1 atom stereocenters. The third-order valence-corrected chi connectivity index (χ3v) is 4.50. The Balaban J connectivity index is 1.56. The molecule has 0 saturated heterocycles. The van der Waals surface area contributed by atoms with Crippen LogP contribution in [0.1, 0.15) is 18.1 Å². The number of carbonyl (C=O) groups excluding carboxylic acids is 1. The normalized spacial score (nSPS) is 11.7. The highest BCUT2D eigenvalue weighted by atomic mass is 16.5. The van der Waals surface area contributed by atoms with E-state index in [1.165, 1.54) is 0 Å². The number of urea groups is 1. The van der Waals surface area contributed by atoms with Crippen LogP contribution in [-0.4, -0.2) is 31.9 Å². The number of carbonyl (C=O) groups is 1. The molecule has 6 heteroatoms. The van der Waals surface area contributed by atoms with Crippen molar-refractivity contribution in [2.75, 3.05) is 26.1 Å². The number of anilines is 1. The van der Waals surface area contributed by atoms with Crippen LogP contribution < -0.4 is 20.1 Å². The molecule has 0 fully saturated rings. The van der Waals surface area contributed by atoms with Crippen molar-refractivity contribution in [3.63, 3.8) is 0 Å². The second kappa shape index (κ2) is 9.10. The van der Waals surface area contributed by atoms with E-state index in [9.17, 15) is 9.90 Å². The van der Waals surface area contributed by atoms with E-state index in [4.69, 9.17) is 9.47 Å². The molecule has 0 aromatic heterocycles. The molecule has 0 spiro atoms. The quantitative estimate of drug-likeness (QED) is 0.576. The number of hydrogen-bond donors (Lipinski definition) is 3. The molecule has 3 aromatic carbocycles. The van der Waals surface area contributed by atoms with Crippen LogP contribution in [-0.2, 0) is 0 Å². The lowest BCUT2D eigenvalue weighted by Crippen LogP contribution is -2.30. The van der Waals surface area contributed by atoms with Gasteiger partial charge in [0.1, 0.15) is 11.5 Å². The highest BCUT2D eigenvalue weighted by Gasteiger charge is 2.12. The van der Waals surface area contributed by atoms with Gasteiger partial charge in [-0.05, 0) is 22.8 Å². The van der Waals surface area contributed by atoms with Gasteiger partial charge in [-0.25, -0.2) is 4.79 Å². The Bertz CT molecular complexity index is 931. The smallest absolute Gasteiger partial charge is 0.319 e. The summed E-state index contributed by atoms with van der Waals surface area (Å²) in [5, 5.41) is 18.2. The summed E-state index contributed by atoms with van der Waals surface area (Å²) in [6.45, 7) is 0.331. The fourth-order valence-electron chi connectivity index (χ4n) is 3.07. The van der Waals surface area contributed by atoms with E-state index in [0.717, 1.165) is 16.3 Å². The molecule has 6 nitrogen and oxygen atoms in total. The predicted molar refractivity (Wildman–Crippen MR) is 110 cm³/mol. The zero-order valence-corrected chi connectivity index (χ0v) is 15.9. The third-order valence-electron chi connectivity index (χ3n) is 4.50. The van der Waals surface area contributed by atoms with E-state index in [2.05, 4.69) is 10.6 Å². The van der Waals surface area contributed by atoms with E-state index in [1.54, 1.807) is 32.4 Å². The van der Waals surface area contributed by atoms with Crippen LogP contribution in [0, 0.1) is 0 Å². The Morgan fingerprint density at radius 1 is 1.00 bits per heavy atom. The first-order chi connectivity index (χ1) is 13.6. The maximum atomic E-state index is 12.2. The fraction of sp³-hybridized carbons (Fsp3) is 0.227. The molecule has 146 valence electrons. The molecule has 3 N–H and O–H groups in total. The molecule has 3 aromatic rings. The lowest BCUT2D eigenvalue weighted by Gasteiger charge is -2.15. The summed E-state index contributed by atoms with van der Waals surface area (Å²) < 4.78 is 10.4. The van der Waals surface area contributed by atoms with Crippen molar-refractivity contribution in [1.82, 2.24) is 5.32 Å². The molecule has 2 amide bonds. The molecule has 0 unspecified atom stereocenters. The van der Waals surface area contributed by atoms with Crippen molar-refractivity contribution in [3.05, 3.63) is 66.2 Å². The van der Waals surface area contributed by atoms with Gasteiger partial charge in [-0.1, -0.05) is 42.5 Å². The zero-order chi connectivity index (χ0) is 19.9. The monoisotopic (exact) mass is 380 g/mol. The van der Waals surface area contributed by atoms with E-state index in [-0.39, 0.29) is 6.03 Å². The molecule has 0 saturated carbocycles. The van der Waals surface area contributed by atoms with E-state index < -0.39 is 6.10 Å². The molecule has 0 aliphatic rings. The van der Waals surface area contributed by atoms with Crippen LogP contribution in [0.25, 0.3) is 10.8 Å². The van der Waals surface area contributed by atoms with Crippen molar-refractivity contribution in [2.24, 2.45) is 0 Å². The van der Waals surface area contributed by atoms with Gasteiger partial charge in [0, 0.05) is 30.4 Å². The predicted octanol–water partition coefficient (Wildman–Crippen LogP) is 4.10. The van der Waals surface area contributed by atoms with Crippen LogP contribution in [0.5, 0.6) is 11.5 Å². The summed E-state index contributed by atoms with van der Waals surface area (Å²) >= 11 is 0. The van der Waals surface area contributed by atoms with E-state index in [0.29, 0.717) is 30.2 Å². The van der Waals surface area contributed by atoms with Gasteiger partial charge >= 0.3 is 6.03 Å². The molecule has 28 heavy (non-hydrogen) atoms. The minimum atomic E-state index is -0.664. The third kappa shape index (κ3) is 4.72. The van der Waals surface area contributed by atoms with Crippen LogP contribution >= 0.6 is 0 Å². The standard InChI is InChI=1S/C22H24N2O4/c1-27-17-12-16(13-18(14-17)28-2)24-22(26)23-11-10-21(25)20-9-5-7-15-6-3-4-8-19(15)20/h3-9,12-14,21,25H,10-11H2,1-2H3,(H2,23,24,26)/t21-/m1/s1. The van der Waals surface area contributed by atoms with E-state index in [1.807, 2.05) is 42.5 Å². The van der Waals surface area contributed by atoms with Gasteiger partial charge in [0.15, 0.2) is 0 Å². The van der Waals surface area contributed by atoms with Crippen LogP contribution in [0.2, 0.25) is 0 Å². The first kappa shape index (κ1) is 19.5. The summed E-state index contributed by atoms with van der Waals surface area (Å²) in [4.78, 5) is 12.2. The average molecular weight is 380 g/mol. The Hall–Kier alpha value is -3.25. The maximum absolute atomic E-state index is 12.2. The molecule has 0 bridgehead atoms. The summed E-state index contributed by atoms with van der Waals surface area (Å²) in [6, 6.07) is 18.5. The Kier molecular flexibility index (Phi) is 6.34. The summed E-state index contributed by atoms with van der Waals surface area (Å²) in [5.74, 6) is 1.17. The van der Waals surface area contributed by atoms with Crippen molar-refractivity contribution in [1.29, 1.82) is 0 Å². The molecule has 0 aliphatic carbocycles. The molecule has 0 aliphatic heterocycles. The number of ether oxygens (including phenoxy) is 2. The van der Waals surface area contributed by atoms with Crippen molar-refractivity contribution in [3.8, 4) is 11.5 Å². The van der Waals surface area contributed by atoms with Gasteiger partial charge < -0.3 is 25.2 Å². The first-order valence-corrected chi connectivity index (χ1v) is 9.04. The van der Waals surface area contributed by atoms with Gasteiger partial charge in [0.25, 0.3) is 0 Å². The minimum absolute atomic E-state index is 0.331. The zero-order valence-electron chi connectivity index (χ0n) is 15.9. The first-order valence-electron chi connectivity index (χ1n) is 9.04. The SMILES string of the molecule is COc1cc(NC(=O)NCC[C@@H](O)c2cccc3ccccc23)cc(OC)c1. The Morgan fingerprint density at radius 3 is 2.39 bits per heavy atom. The Labute approximate surface area is 164 Å². The van der Waals surface area contributed by atoms with E-state index >= 15 is 0 Å². The second-order valence-electron chi connectivity index (χ2n) is 6.36. The number of nitrogens with one attached hydrogen (secondary N) is 2. The highest BCUT2D eigenvalue weighted by Crippen LogP contribution is 2.27. The van der Waals surface area contributed by atoms with Crippen molar-refractivity contribution in [2.45, 2.75) is 12.5 Å². The van der Waals surface area contributed by atoms with Gasteiger partial charge in [0.05, 0.1) is 20.3 Å². The molecular weight excluding hydrogens is 356 g/mol. The largest absolute Gasteiger partial charge is 0.497 e. The maximum Gasteiger partial charge on any atom is 0.319 e. The topological polar surface area (TPSA) is 79.8 Å². The number of amides is 2. The molecular formula is C22H24N2O4. The summed E-state index contributed by atoms with van der Waals surface area (Å²) in [6.07, 6.45) is -0.258.